The fourth-order valence-corrected chi connectivity index (χ4v) is 2.91. The third-order valence-electron chi connectivity index (χ3n) is 4.01. The summed E-state index contributed by atoms with van der Waals surface area (Å²) in [4.78, 5) is 2.35. The van der Waals surface area contributed by atoms with Gasteiger partial charge in [0.2, 0.25) is 0 Å². The molecule has 1 aromatic rings. The number of nitrogens with zero attached hydrogens (tertiary/aromatic N) is 1. The van der Waals surface area contributed by atoms with E-state index >= 15 is 0 Å². The van der Waals surface area contributed by atoms with E-state index < -0.39 is 11.6 Å². The van der Waals surface area contributed by atoms with Crippen LogP contribution in [0.5, 0.6) is 0 Å². The number of aliphatic hydroxyl groups excluding tert-OH is 1. The first-order valence-corrected chi connectivity index (χ1v) is 7.69. The van der Waals surface area contributed by atoms with Gasteiger partial charge >= 0.3 is 0 Å². The molecule has 0 radical (unpaired) electrons. The van der Waals surface area contributed by atoms with Crippen LogP contribution in [0.2, 0.25) is 0 Å². The zero-order valence-corrected chi connectivity index (χ0v) is 12.3. The van der Waals surface area contributed by atoms with Crippen molar-refractivity contribution in [3.8, 4) is 0 Å². The molecule has 0 aliphatic carbocycles. The Balaban J connectivity index is 1.58. The molecule has 5 heteroatoms. The van der Waals surface area contributed by atoms with Gasteiger partial charge in [0, 0.05) is 18.7 Å². The van der Waals surface area contributed by atoms with E-state index in [-0.39, 0.29) is 6.61 Å². The maximum atomic E-state index is 13.0. The molecule has 2 N–H and O–H groups in total. The van der Waals surface area contributed by atoms with E-state index in [0.29, 0.717) is 18.2 Å². The standard InChI is InChI=1S/C16H24F2N2O/c17-14-8-13(9-15(18)10-14)11-19-5-1-2-6-20-7-3-4-16(20)12-21/h8-10,16,19,21H,1-7,11-12H2. The molecule has 118 valence electrons. The van der Waals surface area contributed by atoms with Gasteiger partial charge in [-0.3, -0.25) is 4.90 Å². The Kier molecular flexibility index (Phi) is 6.54. The minimum Gasteiger partial charge on any atom is -0.395 e. The second-order valence-electron chi connectivity index (χ2n) is 5.68. The van der Waals surface area contributed by atoms with Gasteiger partial charge in [-0.1, -0.05) is 0 Å². The Bertz CT molecular complexity index is 422. The summed E-state index contributed by atoms with van der Waals surface area (Å²) in [6.07, 6.45) is 4.36. The van der Waals surface area contributed by atoms with Gasteiger partial charge in [0.05, 0.1) is 6.61 Å². The van der Waals surface area contributed by atoms with Crippen LogP contribution >= 0.6 is 0 Å². The smallest absolute Gasteiger partial charge is 0.126 e. The van der Waals surface area contributed by atoms with Gasteiger partial charge in [0.1, 0.15) is 11.6 Å². The van der Waals surface area contributed by atoms with Crippen molar-refractivity contribution >= 4 is 0 Å². The predicted molar refractivity (Wildman–Crippen MR) is 79.0 cm³/mol. The number of aliphatic hydroxyl groups is 1. The molecule has 1 heterocycles. The third-order valence-corrected chi connectivity index (χ3v) is 4.01. The molecule has 2 rings (SSSR count). The molecule has 3 nitrogen and oxygen atoms in total. The van der Waals surface area contributed by atoms with Crippen LogP contribution in [0.25, 0.3) is 0 Å². The zero-order valence-electron chi connectivity index (χ0n) is 12.3. The fourth-order valence-electron chi connectivity index (χ4n) is 2.91. The first-order valence-electron chi connectivity index (χ1n) is 7.69. The van der Waals surface area contributed by atoms with Crippen LogP contribution in [0.3, 0.4) is 0 Å². The quantitative estimate of drug-likeness (QED) is 0.723. The summed E-state index contributed by atoms with van der Waals surface area (Å²) in [6, 6.07) is 3.93. The largest absolute Gasteiger partial charge is 0.395 e. The number of hydrogen-bond acceptors (Lipinski definition) is 3. The molecule has 1 saturated heterocycles. The molecule has 1 fully saturated rings. The van der Waals surface area contributed by atoms with Crippen molar-refractivity contribution in [3.63, 3.8) is 0 Å². The van der Waals surface area contributed by atoms with Gasteiger partial charge in [-0.25, -0.2) is 8.78 Å². The van der Waals surface area contributed by atoms with E-state index in [0.717, 1.165) is 45.0 Å². The van der Waals surface area contributed by atoms with Gasteiger partial charge in [-0.2, -0.15) is 0 Å². The van der Waals surface area contributed by atoms with E-state index in [1.807, 2.05) is 0 Å². The average Bonchev–Trinajstić information content (AvgIpc) is 2.89. The summed E-state index contributed by atoms with van der Waals surface area (Å²) < 4.78 is 26.0. The molecule has 0 amide bonds. The molecule has 1 aromatic carbocycles. The van der Waals surface area contributed by atoms with Crippen LogP contribution in [-0.4, -0.2) is 42.3 Å². The van der Waals surface area contributed by atoms with Crippen LogP contribution < -0.4 is 5.32 Å². The number of nitrogens with one attached hydrogen (secondary N) is 1. The van der Waals surface area contributed by atoms with Crippen molar-refractivity contribution in [2.45, 2.75) is 38.3 Å². The Morgan fingerprint density at radius 3 is 2.67 bits per heavy atom. The monoisotopic (exact) mass is 298 g/mol. The van der Waals surface area contributed by atoms with Crippen LogP contribution in [-0.2, 0) is 6.54 Å². The summed E-state index contributed by atoms with van der Waals surface area (Å²) in [7, 11) is 0. The average molecular weight is 298 g/mol. The first-order chi connectivity index (χ1) is 10.2. The van der Waals surface area contributed by atoms with Crippen molar-refractivity contribution < 1.29 is 13.9 Å². The summed E-state index contributed by atoms with van der Waals surface area (Å²) >= 11 is 0. The van der Waals surface area contributed by atoms with Gasteiger partial charge in [0.25, 0.3) is 0 Å². The van der Waals surface area contributed by atoms with Crippen LogP contribution in [0, 0.1) is 11.6 Å². The van der Waals surface area contributed by atoms with E-state index in [2.05, 4.69) is 10.2 Å². The highest BCUT2D eigenvalue weighted by molar-refractivity contribution is 5.17. The van der Waals surface area contributed by atoms with Crippen LogP contribution in [0.15, 0.2) is 18.2 Å². The van der Waals surface area contributed by atoms with E-state index in [1.54, 1.807) is 0 Å². The van der Waals surface area contributed by atoms with Gasteiger partial charge < -0.3 is 10.4 Å². The Hall–Kier alpha value is -1.04. The van der Waals surface area contributed by atoms with Crippen LogP contribution in [0.1, 0.15) is 31.2 Å². The van der Waals surface area contributed by atoms with E-state index in [1.165, 1.54) is 18.6 Å². The summed E-state index contributed by atoms with van der Waals surface area (Å²) in [5.74, 6) is -1.06. The first kappa shape index (κ1) is 16.3. The molecule has 1 unspecified atom stereocenters. The molecule has 1 aliphatic rings. The Morgan fingerprint density at radius 1 is 1.19 bits per heavy atom. The maximum Gasteiger partial charge on any atom is 0.126 e. The topological polar surface area (TPSA) is 35.5 Å². The maximum absolute atomic E-state index is 13.0. The molecule has 21 heavy (non-hydrogen) atoms. The Labute approximate surface area is 125 Å². The van der Waals surface area contributed by atoms with Gasteiger partial charge in [0.15, 0.2) is 0 Å². The molecule has 0 aromatic heterocycles. The number of likely N-dealkylation sites (tertiary alicyclic amines) is 1. The second-order valence-corrected chi connectivity index (χ2v) is 5.68. The predicted octanol–water partition coefficient (Wildman–Crippen LogP) is 2.29. The number of hydrogen-bond donors (Lipinski definition) is 2. The lowest BCUT2D eigenvalue weighted by atomic mass is 10.2. The molecule has 1 atom stereocenters. The fraction of sp³-hybridized carbons (Fsp3) is 0.625. The highest BCUT2D eigenvalue weighted by Crippen LogP contribution is 2.16. The number of halogens is 2. The Morgan fingerprint density at radius 2 is 1.95 bits per heavy atom. The van der Waals surface area contributed by atoms with E-state index in [9.17, 15) is 13.9 Å². The summed E-state index contributed by atoms with van der Waals surface area (Å²) in [6.45, 7) is 3.67. The minimum absolute atomic E-state index is 0.253. The van der Waals surface area contributed by atoms with Gasteiger partial charge in [-0.15, -0.1) is 0 Å². The molecule has 1 aliphatic heterocycles. The highest BCUT2D eigenvalue weighted by atomic mass is 19.1. The normalized spacial score (nSPS) is 19.3. The SMILES string of the molecule is OCC1CCCN1CCCCNCc1cc(F)cc(F)c1. The summed E-state index contributed by atoms with van der Waals surface area (Å²) in [5, 5.41) is 12.4. The molecule has 0 bridgehead atoms. The summed E-state index contributed by atoms with van der Waals surface area (Å²) in [5.41, 5.74) is 0.632. The number of benzene rings is 1. The van der Waals surface area contributed by atoms with Crippen molar-refractivity contribution in [1.29, 1.82) is 0 Å². The lowest BCUT2D eigenvalue weighted by molar-refractivity contribution is 0.157. The third kappa shape index (κ3) is 5.34. The van der Waals surface area contributed by atoms with Crippen molar-refractivity contribution in [1.82, 2.24) is 10.2 Å². The minimum atomic E-state index is -0.532. The molecular weight excluding hydrogens is 274 g/mol. The molecule has 0 saturated carbocycles. The van der Waals surface area contributed by atoms with Crippen molar-refractivity contribution in [2.24, 2.45) is 0 Å². The number of rotatable bonds is 8. The van der Waals surface area contributed by atoms with Crippen molar-refractivity contribution in [3.05, 3.63) is 35.4 Å². The highest BCUT2D eigenvalue weighted by Gasteiger charge is 2.22. The van der Waals surface area contributed by atoms with Crippen LogP contribution in [0.4, 0.5) is 8.78 Å². The second kappa shape index (κ2) is 8.41. The molecular formula is C16H24F2N2O. The van der Waals surface area contributed by atoms with Gasteiger partial charge in [-0.05, 0) is 63.0 Å². The lowest BCUT2D eigenvalue weighted by Gasteiger charge is -2.22. The lowest BCUT2D eigenvalue weighted by Crippen LogP contribution is -2.33. The van der Waals surface area contributed by atoms with Crippen molar-refractivity contribution in [2.75, 3.05) is 26.2 Å². The van der Waals surface area contributed by atoms with E-state index in [4.69, 9.17) is 0 Å². The zero-order chi connectivity index (χ0) is 15.1. The number of unbranched alkanes of at least 4 members (excludes halogenated alkanes) is 1. The molecule has 0 spiro atoms.